The zero-order valence-electron chi connectivity index (χ0n) is 12.9. The van der Waals surface area contributed by atoms with Gasteiger partial charge in [-0.05, 0) is 30.9 Å². The molecule has 1 saturated heterocycles. The lowest BCUT2D eigenvalue weighted by molar-refractivity contribution is 0.0545. The van der Waals surface area contributed by atoms with E-state index in [1.54, 1.807) is 0 Å². The van der Waals surface area contributed by atoms with Gasteiger partial charge in [-0.15, -0.1) is 0 Å². The number of hydrogen-bond donors (Lipinski definition) is 1. The van der Waals surface area contributed by atoms with Gasteiger partial charge in [-0.1, -0.05) is 13.0 Å². The highest BCUT2D eigenvalue weighted by Crippen LogP contribution is 2.40. The first-order chi connectivity index (χ1) is 10.2. The Labute approximate surface area is 127 Å². The summed E-state index contributed by atoms with van der Waals surface area (Å²) >= 11 is 0. The lowest BCUT2D eigenvalue weighted by Gasteiger charge is -2.36. The van der Waals surface area contributed by atoms with E-state index in [0.29, 0.717) is 0 Å². The lowest BCUT2D eigenvalue weighted by atomic mass is 9.90. The molecule has 1 aromatic carbocycles. The summed E-state index contributed by atoms with van der Waals surface area (Å²) in [5.74, 6) is 1.94. The molecule has 0 aliphatic carbocycles. The first-order valence-corrected chi connectivity index (χ1v) is 8.12. The van der Waals surface area contributed by atoms with E-state index in [1.165, 1.54) is 5.56 Å². The van der Waals surface area contributed by atoms with Crippen molar-refractivity contribution in [2.45, 2.75) is 38.2 Å². The molecule has 0 aromatic heterocycles. The van der Waals surface area contributed by atoms with Gasteiger partial charge in [0.2, 0.25) is 0 Å². The first kappa shape index (κ1) is 14.7. The van der Waals surface area contributed by atoms with Crippen molar-refractivity contribution < 1.29 is 9.47 Å². The summed E-state index contributed by atoms with van der Waals surface area (Å²) in [6.07, 6.45) is 4.33. The predicted octanol–water partition coefficient (Wildman–Crippen LogP) is 2.20. The van der Waals surface area contributed by atoms with Crippen LogP contribution in [0.25, 0.3) is 0 Å². The number of nitrogens with two attached hydrogens (primary N) is 1. The summed E-state index contributed by atoms with van der Waals surface area (Å²) in [4.78, 5) is 2.42. The summed E-state index contributed by atoms with van der Waals surface area (Å²) in [6.45, 7) is 6.67. The molecule has 2 N–H and O–H groups in total. The molecule has 1 unspecified atom stereocenters. The van der Waals surface area contributed by atoms with Crippen molar-refractivity contribution in [3.8, 4) is 11.5 Å². The van der Waals surface area contributed by atoms with Gasteiger partial charge >= 0.3 is 0 Å². The van der Waals surface area contributed by atoms with Crippen molar-refractivity contribution in [3.63, 3.8) is 0 Å². The number of benzene rings is 1. The SMILES string of the molecule is CCCOc1ccc2c(c1)OC1(CC2)CCN(CCN)C1. The molecule has 0 radical (unpaired) electrons. The molecule has 4 heteroatoms. The minimum absolute atomic E-state index is 0.00838. The van der Waals surface area contributed by atoms with E-state index in [0.717, 1.165) is 70.0 Å². The fourth-order valence-corrected chi connectivity index (χ4v) is 3.38. The summed E-state index contributed by atoms with van der Waals surface area (Å²) in [5.41, 5.74) is 6.97. The second-order valence-electron chi connectivity index (χ2n) is 6.22. The van der Waals surface area contributed by atoms with Gasteiger partial charge in [-0.3, -0.25) is 4.90 Å². The number of ether oxygens (including phenoxy) is 2. The van der Waals surface area contributed by atoms with Gasteiger partial charge in [-0.25, -0.2) is 0 Å². The van der Waals surface area contributed by atoms with Gasteiger partial charge in [0.1, 0.15) is 17.1 Å². The van der Waals surface area contributed by atoms with Crippen molar-refractivity contribution in [3.05, 3.63) is 23.8 Å². The highest BCUT2D eigenvalue weighted by Gasteiger charge is 2.42. The average Bonchev–Trinajstić information content (AvgIpc) is 2.87. The third kappa shape index (κ3) is 3.16. The van der Waals surface area contributed by atoms with E-state index in [9.17, 15) is 0 Å². The summed E-state index contributed by atoms with van der Waals surface area (Å²) in [7, 11) is 0. The molecule has 116 valence electrons. The zero-order valence-corrected chi connectivity index (χ0v) is 12.9. The van der Waals surface area contributed by atoms with Crippen LogP contribution < -0.4 is 15.2 Å². The molecule has 0 bridgehead atoms. The summed E-state index contributed by atoms with van der Waals surface area (Å²) in [6, 6.07) is 6.28. The molecule has 2 aliphatic heterocycles. The molecular weight excluding hydrogens is 264 g/mol. The number of hydrogen-bond acceptors (Lipinski definition) is 4. The van der Waals surface area contributed by atoms with Crippen LogP contribution in [-0.4, -0.2) is 43.3 Å². The number of rotatable bonds is 5. The fraction of sp³-hybridized carbons (Fsp3) is 0.647. The predicted molar refractivity (Wildman–Crippen MR) is 84.0 cm³/mol. The van der Waals surface area contributed by atoms with Crippen molar-refractivity contribution >= 4 is 0 Å². The highest BCUT2D eigenvalue weighted by molar-refractivity contribution is 5.43. The van der Waals surface area contributed by atoms with Gasteiger partial charge in [0.05, 0.1) is 6.61 Å². The van der Waals surface area contributed by atoms with E-state index in [1.807, 2.05) is 0 Å². The van der Waals surface area contributed by atoms with Crippen LogP contribution in [0.15, 0.2) is 18.2 Å². The van der Waals surface area contributed by atoms with Crippen LogP contribution in [0.2, 0.25) is 0 Å². The molecule has 2 heterocycles. The first-order valence-electron chi connectivity index (χ1n) is 8.12. The maximum absolute atomic E-state index is 6.42. The molecule has 0 amide bonds. The van der Waals surface area contributed by atoms with E-state index in [2.05, 4.69) is 30.0 Å². The van der Waals surface area contributed by atoms with E-state index in [-0.39, 0.29) is 5.60 Å². The summed E-state index contributed by atoms with van der Waals surface area (Å²) in [5, 5.41) is 0. The van der Waals surface area contributed by atoms with Crippen LogP contribution in [0.5, 0.6) is 11.5 Å². The lowest BCUT2D eigenvalue weighted by Crippen LogP contribution is -2.43. The number of likely N-dealkylation sites (tertiary alicyclic amines) is 1. The van der Waals surface area contributed by atoms with E-state index >= 15 is 0 Å². The number of nitrogens with zero attached hydrogens (tertiary/aromatic N) is 1. The molecule has 21 heavy (non-hydrogen) atoms. The fourth-order valence-electron chi connectivity index (χ4n) is 3.38. The van der Waals surface area contributed by atoms with E-state index in [4.69, 9.17) is 15.2 Å². The second-order valence-corrected chi connectivity index (χ2v) is 6.22. The third-order valence-electron chi connectivity index (χ3n) is 4.53. The Hall–Kier alpha value is -1.26. The molecule has 1 spiro atoms. The molecule has 2 aliphatic rings. The molecule has 1 fully saturated rings. The summed E-state index contributed by atoms with van der Waals surface area (Å²) < 4.78 is 12.1. The van der Waals surface area contributed by atoms with Gasteiger partial charge in [0.25, 0.3) is 0 Å². The van der Waals surface area contributed by atoms with Crippen molar-refractivity contribution in [1.82, 2.24) is 4.90 Å². The van der Waals surface area contributed by atoms with Crippen LogP contribution in [-0.2, 0) is 6.42 Å². The van der Waals surface area contributed by atoms with Crippen LogP contribution in [0.4, 0.5) is 0 Å². The standard InChI is InChI=1S/C17H26N2O2/c1-2-11-20-15-4-3-14-5-6-17(21-16(14)12-15)7-9-19(13-17)10-8-18/h3-4,12H,2,5-11,13,18H2,1H3. The Morgan fingerprint density at radius 3 is 3.10 bits per heavy atom. The van der Waals surface area contributed by atoms with Gasteiger partial charge in [0.15, 0.2) is 0 Å². The van der Waals surface area contributed by atoms with Gasteiger partial charge < -0.3 is 15.2 Å². The maximum Gasteiger partial charge on any atom is 0.127 e. The van der Waals surface area contributed by atoms with Crippen LogP contribution in [0.1, 0.15) is 31.7 Å². The smallest absolute Gasteiger partial charge is 0.127 e. The van der Waals surface area contributed by atoms with Crippen molar-refractivity contribution in [2.75, 3.05) is 32.8 Å². The minimum Gasteiger partial charge on any atom is -0.493 e. The zero-order chi connectivity index (χ0) is 14.7. The Balaban J connectivity index is 1.72. The molecule has 3 rings (SSSR count). The van der Waals surface area contributed by atoms with Gasteiger partial charge in [-0.2, -0.15) is 0 Å². The maximum atomic E-state index is 6.42. The van der Waals surface area contributed by atoms with Crippen molar-refractivity contribution in [1.29, 1.82) is 0 Å². The Bertz CT molecular complexity index is 492. The highest BCUT2D eigenvalue weighted by atomic mass is 16.5. The van der Waals surface area contributed by atoms with Crippen molar-refractivity contribution in [2.24, 2.45) is 5.73 Å². The van der Waals surface area contributed by atoms with Crippen LogP contribution in [0.3, 0.4) is 0 Å². The van der Waals surface area contributed by atoms with Gasteiger partial charge in [0, 0.05) is 38.7 Å². The molecule has 0 saturated carbocycles. The molecule has 1 atom stereocenters. The Kier molecular flexibility index (Phi) is 4.36. The third-order valence-corrected chi connectivity index (χ3v) is 4.53. The number of fused-ring (bicyclic) bond motifs is 1. The Morgan fingerprint density at radius 2 is 2.29 bits per heavy atom. The normalized spacial score (nSPS) is 24.9. The van der Waals surface area contributed by atoms with Crippen LogP contribution in [0, 0.1) is 0 Å². The monoisotopic (exact) mass is 290 g/mol. The topological polar surface area (TPSA) is 47.7 Å². The van der Waals surface area contributed by atoms with Crippen LogP contribution >= 0.6 is 0 Å². The quantitative estimate of drug-likeness (QED) is 0.903. The molecule has 4 nitrogen and oxygen atoms in total. The Morgan fingerprint density at radius 1 is 1.38 bits per heavy atom. The molecular formula is C17H26N2O2. The molecule has 1 aromatic rings. The minimum atomic E-state index is -0.00838. The number of aryl methyl sites for hydroxylation is 1. The van der Waals surface area contributed by atoms with E-state index < -0.39 is 0 Å². The largest absolute Gasteiger partial charge is 0.493 e. The average molecular weight is 290 g/mol. The second kappa shape index (κ2) is 6.24.